The quantitative estimate of drug-likeness (QED) is 0.586. The number of nitrogens with one attached hydrogen (secondary N) is 1. The van der Waals surface area contributed by atoms with Crippen LogP contribution in [0.3, 0.4) is 0 Å². The summed E-state index contributed by atoms with van der Waals surface area (Å²) in [4.78, 5) is 12.8. The molecule has 1 N–H and O–H groups in total. The Morgan fingerprint density at radius 3 is 2.28 bits per heavy atom. The van der Waals surface area contributed by atoms with Gasteiger partial charge in [-0.1, -0.05) is 12.8 Å². The first-order chi connectivity index (χ1) is 13.9. The van der Waals surface area contributed by atoms with Crippen molar-refractivity contribution < 1.29 is 13.2 Å². The van der Waals surface area contributed by atoms with Gasteiger partial charge in [0.25, 0.3) is 5.91 Å². The van der Waals surface area contributed by atoms with E-state index >= 15 is 0 Å². The molecule has 0 aliphatic heterocycles. The van der Waals surface area contributed by atoms with Gasteiger partial charge in [0, 0.05) is 17.4 Å². The fourth-order valence-electron chi connectivity index (χ4n) is 3.53. The van der Waals surface area contributed by atoms with Crippen LogP contribution in [-0.2, 0) is 9.84 Å². The Bertz CT molecular complexity index is 1120. The van der Waals surface area contributed by atoms with Gasteiger partial charge in [0.1, 0.15) is 0 Å². The second-order valence-electron chi connectivity index (χ2n) is 7.08. The van der Waals surface area contributed by atoms with Crippen molar-refractivity contribution in [1.82, 2.24) is 9.78 Å². The van der Waals surface area contributed by atoms with Crippen LogP contribution in [0.1, 0.15) is 36.0 Å². The van der Waals surface area contributed by atoms with Crippen molar-refractivity contribution in [3.05, 3.63) is 71.0 Å². The van der Waals surface area contributed by atoms with Gasteiger partial charge in [0.2, 0.25) is 0 Å². The minimum atomic E-state index is -3.29. The van der Waals surface area contributed by atoms with E-state index < -0.39 is 9.84 Å². The lowest BCUT2D eigenvalue weighted by atomic mass is 10.2. The van der Waals surface area contributed by atoms with Gasteiger partial charge in [0.15, 0.2) is 9.84 Å². The summed E-state index contributed by atoms with van der Waals surface area (Å²) in [6.07, 6.45) is 6.91. The van der Waals surface area contributed by atoms with Crippen molar-refractivity contribution in [1.29, 1.82) is 0 Å². The molecule has 150 valence electrons. The van der Waals surface area contributed by atoms with E-state index in [0.717, 1.165) is 35.8 Å². The third kappa shape index (κ3) is 4.28. The highest BCUT2D eigenvalue weighted by molar-refractivity contribution is 9.10. The van der Waals surface area contributed by atoms with E-state index in [1.165, 1.54) is 0 Å². The van der Waals surface area contributed by atoms with Crippen LogP contribution in [0.25, 0.3) is 5.69 Å². The van der Waals surface area contributed by atoms with Crippen LogP contribution in [0.4, 0.5) is 5.69 Å². The second-order valence-corrected chi connectivity index (χ2v) is 10.2. The Morgan fingerprint density at radius 1 is 1.03 bits per heavy atom. The highest BCUT2D eigenvalue weighted by atomic mass is 79.9. The largest absolute Gasteiger partial charge is 0.322 e. The van der Waals surface area contributed by atoms with Gasteiger partial charge in [-0.25, -0.2) is 13.1 Å². The number of hydrogen-bond acceptors (Lipinski definition) is 4. The fourth-order valence-corrected chi connectivity index (χ4v) is 5.67. The topological polar surface area (TPSA) is 81.1 Å². The number of carbonyl (C=O) groups excluding carboxylic acids is 1. The van der Waals surface area contributed by atoms with Crippen LogP contribution < -0.4 is 5.32 Å². The average molecular weight is 474 g/mol. The van der Waals surface area contributed by atoms with E-state index in [0.29, 0.717) is 16.1 Å². The second kappa shape index (κ2) is 8.12. The molecule has 1 aromatic heterocycles. The standard InChI is InChI=1S/C21H20BrN3O3S/c22-16-13-23-25(14-16)18-9-5-15(6-10-18)21(26)24-17-7-11-20(12-8-17)29(27,28)19-3-1-2-4-19/h5-14,19H,1-4H2,(H,24,26). The van der Waals surface area contributed by atoms with Crippen LogP contribution in [0, 0.1) is 0 Å². The molecule has 1 fully saturated rings. The minimum absolute atomic E-state index is 0.260. The predicted octanol–water partition coefficient (Wildman–Crippen LogP) is 4.60. The van der Waals surface area contributed by atoms with Crippen LogP contribution >= 0.6 is 15.9 Å². The van der Waals surface area contributed by atoms with E-state index in [4.69, 9.17) is 0 Å². The summed E-state index contributed by atoms with van der Waals surface area (Å²) in [5.41, 5.74) is 1.90. The van der Waals surface area contributed by atoms with Gasteiger partial charge in [-0.2, -0.15) is 5.10 Å². The minimum Gasteiger partial charge on any atom is -0.322 e. The van der Waals surface area contributed by atoms with Crippen LogP contribution in [0.5, 0.6) is 0 Å². The smallest absolute Gasteiger partial charge is 0.255 e. The van der Waals surface area contributed by atoms with E-state index in [2.05, 4.69) is 26.3 Å². The molecule has 3 aromatic rings. The van der Waals surface area contributed by atoms with Crippen molar-refractivity contribution in [2.45, 2.75) is 35.8 Å². The van der Waals surface area contributed by atoms with Crippen molar-refractivity contribution in [3.8, 4) is 5.69 Å². The maximum absolute atomic E-state index is 12.6. The Hall–Kier alpha value is -2.45. The zero-order valence-electron chi connectivity index (χ0n) is 15.6. The van der Waals surface area contributed by atoms with Gasteiger partial charge < -0.3 is 5.32 Å². The fraction of sp³-hybridized carbons (Fsp3) is 0.238. The number of benzene rings is 2. The number of amides is 1. The molecular formula is C21H20BrN3O3S. The van der Waals surface area contributed by atoms with Gasteiger partial charge in [-0.15, -0.1) is 0 Å². The Balaban J connectivity index is 1.44. The molecule has 0 spiro atoms. The summed E-state index contributed by atoms with van der Waals surface area (Å²) in [6.45, 7) is 0. The lowest BCUT2D eigenvalue weighted by molar-refractivity contribution is 0.102. The molecule has 1 heterocycles. The van der Waals surface area contributed by atoms with Gasteiger partial charge in [0.05, 0.1) is 26.5 Å². The Morgan fingerprint density at radius 2 is 1.69 bits per heavy atom. The summed E-state index contributed by atoms with van der Waals surface area (Å²) >= 11 is 3.36. The summed E-state index contributed by atoms with van der Waals surface area (Å²) in [5.74, 6) is -0.260. The molecule has 0 bridgehead atoms. The van der Waals surface area contributed by atoms with Crippen LogP contribution in [0.15, 0.2) is 70.3 Å². The molecule has 1 aliphatic rings. The van der Waals surface area contributed by atoms with E-state index in [9.17, 15) is 13.2 Å². The summed E-state index contributed by atoms with van der Waals surface area (Å²) in [7, 11) is -3.29. The Labute approximate surface area is 178 Å². The lowest BCUT2D eigenvalue weighted by Gasteiger charge is -2.12. The average Bonchev–Trinajstić information content (AvgIpc) is 3.41. The molecule has 1 saturated carbocycles. The first kappa shape index (κ1) is 19.8. The molecular weight excluding hydrogens is 454 g/mol. The van der Waals surface area contributed by atoms with Gasteiger partial charge in [-0.05, 0) is 77.3 Å². The maximum Gasteiger partial charge on any atom is 0.255 e. The molecule has 0 unspecified atom stereocenters. The van der Waals surface area contributed by atoms with Crippen molar-refractivity contribution in [2.24, 2.45) is 0 Å². The molecule has 0 saturated heterocycles. The molecule has 29 heavy (non-hydrogen) atoms. The number of rotatable bonds is 5. The molecule has 8 heteroatoms. The summed E-state index contributed by atoms with van der Waals surface area (Å²) in [5, 5.41) is 6.73. The third-order valence-electron chi connectivity index (χ3n) is 5.13. The molecule has 2 aromatic carbocycles. The molecule has 1 amide bonds. The highest BCUT2D eigenvalue weighted by Gasteiger charge is 2.30. The van der Waals surface area contributed by atoms with Crippen molar-refractivity contribution in [2.75, 3.05) is 5.32 Å². The van der Waals surface area contributed by atoms with E-state index in [-0.39, 0.29) is 11.2 Å². The first-order valence-electron chi connectivity index (χ1n) is 9.39. The van der Waals surface area contributed by atoms with Crippen LogP contribution in [0.2, 0.25) is 0 Å². The van der Waals surface area contributed by atoms with Gasteiger partial charge in [-0.3, -0.25) is 4.79 Å². The lowest BCUT2D eigenvalue weighted by Crippen LogP contribution is -2.18. The Kier molecular flexibility index (Phi) is 5.56. The maximum atomic E-state index is 12.6. The van der Waals surface area contributed by atoms with Crippen LogP contribution in [-0.4, -0.2) is 29.4 Å². The SMILES string of the molecule is O=C(Nc1ccc(S(=O)(=O)C2CCCC2)cc1)c1ccc(-n2cc(Br)cn2)cc1. The predicted molar refractivity (Wildman–Crippen MR) is 115 cm³/mol. The number of nitrogens with zero attached hydrogens (tertiary/aromatic N) is 2. The zero-order valence-corrected chi connectivity index (χ0v) is 18.0. The molecule has 0 atom stereocenters. The monoisotopic (exact) mass is 473 g/mol. The van der Waals surface area contributed by atoms with Crippen molar-refractivity contribution >= 4 is 37.4 Å². The number of aromatic nitrogens is 2. The number of hydrogen-bond donors (Lipinski definition) is 1. The molecule has 1 aliphatic carbocycles. The van der Waals surface area contributed by atoms with Gasteiger partial charge >= 0.3 is 0 Å². The number of anilines is 1. The number of sulfone groups is 1. The first-order valence-corrected chi connectivity index (χ1v) is 11.7. The summed E-state index contributed by atoms with van der Waals surface area (Å²) < 4.78 is 27.9. The third-order valence-corrected chi connectivity index (χ3v) is 7.81. The highest BCUT2D eigenvalue weighted by Crippen LogP contribution is 2.30. The molecule has 6 nitrogen and oxygen atoms in total. The van der Waals surface area contributed by atoms with Crippen molar-refractivity contribution in [3.63, 3.8) is 0 Å². The normalized spacial score (nSPS) is 14.8. The zero-order chi connectivity index (χ0) is 20.4. The van der Waals surface area contributed by atoms with E-state index in [1.807, 2.05) is 18.3 Å². The molecule has 0 radical (unpaired) electrons. The number of halogens is 1. The summed E-state index contributed by atoms with van der Waals surface area (Å²) in [6, 6.07) is 13.5. The number of carbonyl (C=O) groups is 1. The van der Waals surface area contributed by atoms with E-state index in [1.54, 1.807) is 47.3 Å². The molecule has 4 rings (SSSR count).